The summed E-state index contributed by atoms with van der Waals surface area (Å²) in [6, 6.07) is 7.24. The van der Waals surface area contributed by atoms with Crippen LogP contribution in [0, 0.1) is 0 Å². The molecule has 28 heavy (non-hydrogen) atoms. The van der Waals surface area contributed by atoms with Crippen molar-refractivity contribution in [2.75, 3.05) is 32.8 Å². The number of nitrogens with one attached hydrogen (secondary N) is 2. The van der Waals surface area contributed by atoms with Gasteiger partial charge in [0.25, 0.3) is 0 Å². The molecular weight excluding hydrogens is 392 g/mol. The highest BCUT2D eigenvalue weighted by Crippen LogP contribution is 2.17. The molecule has 0 saturated carbocycles. The summed E-state index contributed by atoms with van der Waals surface area (Å²) in [5, 5.41) is 13.0. The van der Waals surface area contributed by atoms with Crippen molar-refractivity contribution in [3.05, 3.63) is 36.9 Å². The van der Waals surface area contributed by atoms with E-state index in [1.54, 1.807) is 18.2 Å². The molecule has 160 valence electrons. The first-order valence-electron chi connectivity index (χ1n) is 8.27. The first-order valence-corrected chi connectivity index (χ1v) is 9.63. The molecule has 1 aromatic carbocycles. The number of aliphatic hydroxyl groups excluding tert-OH is 1. The van der Waals surface area contributed by atoms with Gasteiger partial charge in [-0.25, -0.2) is 8.42 Å². The summed E-state index contributed by atoms with van der Waals surface area (Å²) in [6.07, 6.45) is 1.97. The van der Waals surface area contributed by atoms with E-state index in [1.807, 2.05) is 12.1 Å². The number of rotatable bonds is 12. The smallest absolute Gasteiger partial charge is 0.338 e. The van der Waals surface area contributed by atoms with Crippen LogP contribution in [0.3, 0.4) is 0 Å². The summed E-state index contributed by atoms with van der Waals surface area (Å²) < 4.78 is 43.7. The van der Waals surface area contributed by atoms with Crippen molar-refractivity contribution < 1.29 is 37.1 Å². The van der Waals surface area contributed by atoms with Crippen LogP contribution in [-0.4, -0.2) is 67.5 Å². The normalized spacial score (nSPS) is 11.5. The van der Waals surface area contributed by atoms with Gasteiger partial charge in [0, 0.05) is 6.54 Å². The molecule has 12 heteroatoms. The Labute approximate surface area is 164 Å². The Kier molecular flexibility index (Phi) is 13.4. The van der Waals surface area contributed by atoms with Gasteiger partial charge in [0.05, 0.1) is 6.54 Å². The molecular formula is C16H28N4O7S. The minimum atomic E-state index is -4.92. The van der Waals surface area contributed by atoms with Gasteiger partial charge in [-0.05, 0) is 37.2 Å². The fourth-order valence-electron chi connectivity index (χ4n) is 1.75. The molecule has 1 rings (SSSR count). The Morgan fingerprint density at radius 2 is 1.82 bits per heavy atom. The molecule has 11 nitrogen and oxygen atoms in total. The highest BCUT2D eigenvalue weighted by Gasteiger charge is 2.05. The summed E-state index contributed by atoms with van der Waals surface area (Å²) in [7, 11) is -4.92. The van der Waals surface area contributed by atoms with Gasteiger partial charge in [-0.2, -0.15) is 0 Å². The lowest BCUT2D eigenvalue weighted by Crippen LogP contribution is -2.78. The van der Waals surface area contributed by atoms with Crippen molar-refractivity contribution in [1.82, 2.24) is 5.32 Å². The van der Waals surface area contributed by atoms with Crippen LogP contribution >= 0.6 is 0 Å². The predicted molar refractivity (Wildman–Crippen MR) is 103 cm³/mol. The summed E-state index contributed by atoms with van der Waals surface area (Å²) in [5.41, 5.74) is 10.6. The minimum Gasteiger partial charge on any atom is -0.726 e. The third-order valence-electron chi connectivity index (χ3n) is 2.87. The SMILES string of the molecule is C=CCOc1ccc(OCC(O)CNCCC[NH+]=C(N)N)cc1.O=S(=O)([O-])O. The molecule has 0 aliphatic heterocycles. The summed E-state index contributed by atoms with van der Waals surface area (Å²) in [6.45, 7) is 6.20. The molecule has 1 atom stereocenters. The van der Waals surface area contributed by atoms with Crippen LogP contribution in [-0.2, 0) is 10.4 Å². The van der Waals surface area contributed by atoms with Gasteiger partial charge in [0.1, 0.15) is 30.8 Å². The molecule has 0 heterocycles. The van der Waals surface area contributed by atoms with Gasteiger partial charge in [-0.1, -0.05) is 12.7 Å². The third-order valence-corrected chi connectivity index (χ3v) is 2.87. The molecule has 0 spiro atoms. The van der Waals surface area contributed by atoms with Crippen LogP contribution in [0.2, 0.25) is 0 Å². The van der Waals surface area contributed by atoms with Crippen LogP contribution in [0.4, 0.5) is 0 Å². The molecule has 0 radical (unpaired) electrons. The molecule has 0 amide bonds. The van der Waals surface area contributed by atoms with Gasteiger partial charge in [0.2, 0.25) is 10.4 Å². The Balaban J connectivity index is 0.00000129. The van der Waals surface area contributed by atoms with Crippen molar-refractivity contribution in [2.45, 2.75) is 12.5 Å². The lowest BCUT2D eigenvalue weighted by atomic mass is 10.3. The molecule has 8 N–H and O–H groups in total. The zero-order valence-corrected chi connectivity index (χ0v) is 16.2. The summed E-state index contributed by atoms with van der Waals surface area (Å²) >= 11 is 0. The monoisotopic (exact) mass is 420 g/mol. The lowest BCUT2D eigenvalue weighted by molar-refractivity contribution is -0.459. The van der Waals surface area contributed by atoms with Crippen LogP contribution < -0.4 is 31.3 Å². The predicted octanol–water partition coefficient (Wildman–Crippen LogP) is -2.67. The standard InChI is InChI=1S/C16H26N4O3.H2O4S/c1-2-10-22-14-4-6-15(7-5-14)23-12-13(21)11-19-8-3-9-20-16(17)18;1-5(2,3)4/h2,4-7,13,19,21H,1,3,8-12H2,(H4,17,18,20);(H2,1,2,3,4). The molecule has 1 unspecified atom stereocenters. The maximum atomic E-state index is 9.84. The molecule has 0 fully saturated rings. The number of ether oxygens (including phenoxy) is 2. The Morgan fingerprint density at radius 1 is 1.29 bits per heavy atom. The molecule has 0 aliphatic carbocycles. The molecule has 0 saturated heterocycles. The number of nitrogens with two attached hydrogens (primary N) is 2. The summed E-state index contributed by atoms with van der Waals surface area (Å²) in [4.78, 5) is 2.83. The highest BCUT2D eigenvalue weighted by molar-refractivity contribution is 7.79. The van der Waals surface area contributed by atoms with E-state index in [0.29, 0.717) is 25.4 Å². The van der Waals surface area contributed by atoms with E-state index in [2.05, 4.69) is 16.9 Å². The molecule has 0 aromatic heterocycles. The maximum absolute atomic E-state index is 9.84. The quantitative estimate of drug-likeness (QED) is 0.0518. The fraction of sp³-hybridized carbons (Fsp3) is 0.438. The highest BCUT2D eigenvalue weighted by atomic mass is 32.3. The van der Waals surface area contributed by atoms with Gasteiger partial charge < -0.3 is 24.4 Å². The average Bonchev–Trinajstić information content (AvgIpc) is 2.60. The van der Waals surface area contributed by atoms with Crippen molar-refractivity contribution in [2.24, 2.45) is 11.5 Å². The van der Waals surface area contributed by atoms with Crippen molar-refractivity contribution >= 4 is 16.4 Å². The minimum absolute atomic E-state index is 0.222. The fourth-order valence-corrected chi connectivity index (χ4v) is 1.75. The molecule has 0 bridgehead atoms. The topological polar surface area (TPSA) is 194 Å². The van der Waals surface area contributed by atoms with E-state index in [-0.39, 0.29) is 12.6 Å². The van der Waals surface area contributed by atoms with Gasteiger partial charge in [-0.3, -0.25) is 21.0 Å². The second-order valence-corrected chi connectivity index (χ2v) is 6.26. The van der Waals surface area contributed by atoms with E-state index in [0.717, 1.165) is 18.7 Å². The lowest BCUT2D eigenvalue weighted by Gasteiger charge is -2.13. The van der Waals surface area contributed by atoms with E-state index in [4.69, 9.17) is 38.5 Å². The van der Waals surface area contributed by atoms with E-state index < -0.39 is 16.5 Å². The van der Waals surface area contributed by atoms with Crippen LogP contribution in [0.1, 0.15) is 6.42 Å². The second-order valence-electron chi connectivity index (χ2n) is 5.40. The zero-order valence-electron chi connectivity index (χ0n) is 15.4. The van der Waals surface area contributed by atoms with E-state index >= 15 is 0 Å². The van der Waals surface area contributed by atoms with Gasteiger partial charge in [0.15, 0.2) is 0 Å². The Hall–Kier alpha value is -2.38. The second kappa shape index (κ2) is 14.6. The largest absolute Gasteiger partial charge is 0.726 e. The van der Waals surface area contributed by atoms with Crippen LogP contribution in [0.5, 0.6) is 11.5 Å². The van der Waals surface area contributed by atoms with E-state index in [1.165, 1.54) is 0 Å². The number of guanidine groups is 1. The Morgan fingerprint density at radius 3 is 2.32 bits per heavy atom. The first-order chi connectivity index (χ1) is 13.1. The van der Waals surface area contributed by atoms with Crippen molar-refractivity contribution in [3.63, 3.8) is 0 Å². The Bertz CT molecular complexity index is 669. The van der Waals surface area contributed by atoms with Crippen LogP contribution in [0.25, 0.3) is 0 Å². The zero-order chi connectivity index (χ0) is 21.4. The van der Waals surface area contributed by atoms with Crippen LogP contribution in [0.15, 0.2) is 36.9 Å². The van der Waals surface area contributed by atoms with Crippen molar-refractivity contribution in [3.8, 4) is 11.5 Å². The maximum Gasteiger partial charge on any atom is 0.338 e. The van der Waals surface area contributed by atoms with Gasteiger partial charge >= 0.3 is 5.96 Å². The number of aliphatic hydroxyl groups is 1. The number of hydrogen-bond donors (Lipinski definition) is 6. The molecule has 0 aliphatic rings. The first kappa shape index (κ1) is 25.6. The average molecular weight is 420 g/mol. The number of benzene rings is 1. The summed E-state index contributed by atoms with van der Waals surface area (Å²) in [5.74, 6) is 1.66. The molecule has 1 aromatic rings. The van der Waals surface area contributed by atoms with E-state index in [9.17, 15) is 5.11 Å². The number of hydrogen-bond acceptors (Lipinski definition) is 7. The third kappa shape index (κ3) is 18.4. The van der Waals surface area contributed by atoms with Crippen molar-refractivity contribution in [1.29, 1.82) is 0 Å². The van der Waals surface area contributed by atoms with Gasteiger partial charge in [-0.15, -0.1) is 0 Å².